The van der Waals surface area contributed by atoms with E-state index >= 15 is 0 Å². The minimum absolute atomic E-state index is 0.0205. The molecule has 0 aromatic rings. The van der Waals surface area contributed by atoms with Crippen LogP contribution in [0.2, 0.25) is 0 Å². The van der Waals surface area contributed by atoms with Crippen molar-refractivity contribution in [3.8, 4) is 0 Å². The molecule has 86 valence electrons. The van der Waals surface area contributed by atoms with Gasteiger partial charge in [-0.05, 0) is 6.92 Å². The predicted octanol–water partition coefficient (Wildman–Crippen LogP) is -0.850. The second-order valence-corrected chi connectivity index (χ2v) is 2.47. The molecule has 0 aliphatic heterocycles. The maximum Gasteiger partial charge on any atom is 0.115 e. The molecular weight excluding hydrogens is 200 g/mol. The van der Waals surface area contributed by atoms with Crippen LogP contribution in [0.4, 0.5) is 0 Å². The van der Waals surface area contributed by atoms with E-state index in [1.807, 2.05) is 0 Å². The molecule has 0 radical (unpaired) electrons. The quantitative estimate of drug-likeness (QED) is 0.344. The molecule has 0 fully saturated rings. The normalized spacial score (nSPS) is 16.3. The predicted molar refractivity (Wildman–Crippen MR) is 37.9 cm³/mol. The van der Waals surface area contributed by atoms with Gasteiger partial charge in [-0.25, -0.2) is 9.68 Å². The third kappa shape index (κ3) is 6.15. The van der Waals surface area contributed by atoms with Gasteiger partial charge < -0.3 is 5.11 Å². The summed E-state index contributed by atoms with van der Waals surface area (Å²) in [6.45, 7) is 1.09. The van der Waals surface area contributed by atoms with Gasteiger partial charge >= 0.3 is 0 Å². The lowest BCUT2D eigenvalue weighted by Crippen LogP contribution is -2.38. The number of hydrogen-bond acceptors (Lipinski definition) is 9. The Kier molecular flexibility index (Phi) is 6.82. The molecule has 0 aliphatic rings. The first kappa shape index (κ1) is 13.6. The second kappa shape index (κ2) is 7.00. The first-order valence-corrected chi connectivity index (χ1v) is 3.77. The molecule has 2 unspecified atom stereocenters. The van der Waals surface area contributed by atoms with Crippen molar-refractivity contribution < 1.29 is 35.6 Å². The maximum atomic E-state index is 8.58. The molecule has 0 bridgehead atoms. The summed E-state index contributed by atoms with van der Waals surface area (Å²) in [6.07, 6.45) is -1.83. The Hall–Kier alpha value is -0.360. The van der Waals surface area contributed by atoms with Crippen LogP contribution in [0.1, 0.15) is 13.3 Å². The average molecular weight is 214 g/mol. The average Bonchev–Trinajstić information content (AvgIpc) is 2.01. The summed E-state index contributed by atoms with van der Waals surface area (Å²) in [6, 6.07) is 0. The summed E-state index contributed by atoms with van der Waals surface area (Å²) in [5.41, 5.74) is 0. The largest absolute Gasteiger partial charge is 0.396 e. The molecule has 0 heterocycles. The standard InChI is InChI=1S/C5H14N2O7/c1-4(13-6(9)10)5(2-3-8)14-7(11)12/h4-5,8-12H,2-3H2,1H3. The molecule has 2 atom stereocenters. The number of aliphatic hydroxyl groups excluding tert-OH is 1. The van der Waals surface area contributed by atoms with E-state index in [4.69, 9.17) is 25.9 Å². The molecule has 0 amide bonds. The second-order valence-electron chi connectivity index (χ2n) is 2.47. The Balaban J connectivity index is 4.03. The Bertz CT molecular complexity index is 144. The van der Waals surface area contributed by atoms with E-state index < -0.39 is 23.0 Å². The molecule has 0 saturated heterocycles. The molecular formula is C5H14N2O7. The van der Waals surface area contributed by atoms with Crippen LogP contribution in [0.3, 0.4) is 0 Å². The molecule has 9 heteroatoms. The summed E-state index contributed by atoms with van der Waals surface area (Å²) < 4.78 is 0. The fourth-order valence-corrected chi connectivity index (χ4v) is 0.838. The molecule has 0 aromatic carbocycles. The number of hydrogen-bond donors (Lipinski definition) is 5. The molecule has 9 nitrogen and oxygen atoms in total. The molecule has 0 aromatic heterocycles. The van der Waals surface area contributed by atoms with Gasteiger partial charge in [0.05, 0.1) is 10.8 Å². The molecule has 0 saturated carbocycles. The SMILES string of the molecule is CC(ON(O)O)C(CCO)ON(O)O. The summed E-state index contributed by atoms with van der Waals surface area (Å²) in [5.74, 6) is 0. The lowest BCUT2D eigenvalue weighted by molar-refractivity contribution is -0.537. The van der Waals surface area contributed by atoms with Crippen LogP contribution >= 0.6 is 0 Å². The Labute approximate surface area is 79.6 Å². The van der Waals surface area contributed by atoms with E-state index in [1.54, 1.807) is 0 Å². The van der Waals surface area contributed by atoms with Gasteiger partial charge in [-0.3, -0.25) is 20.8 Å². The topological polar surface area (TPSA) is 126 Å². The Morgan fingerprint density at radius 3 is 1.93 bits per heavy atom. The van der Waals surface area contributed by atoms with Crippen molar-refractivity contribution in [2.75, 3.05) is 6.61 Å². The van der Waals surface area contributed by atoms with Gasteiger partial charge in [-0.2, -0.15) is 0 Å². The highest BCUT2D eigenvalue weighted by Gasteiger charge is 2.23. The van der Waals surface area contributed by atoms with E-state index in [0.29, 0.717) is 0 Å². The van der Waals surface area contributed by atoms with Crippen molar-refractivity contribution in [1.82, 2.24) is 10.8 Å². The van der Waals surface area contributed by atoms with Crippen molar-refractivity contribution in [2.24, 2.45) is 0 Å². The van der Waals surface area contributed by atoms with Gasteiger partial charge in [0.1, 0.15) is 12.2 Å². The summed E-state index contributed by atoms with van der Waals surface area (Å²) in [5, 5.41) is 40.7. The minimum Gasteiger partial charge on any atom is -0.396 e. The van der Waals surface area contributed by atoms with Crippen LogP contribution in [-0.4, -0.2) is 55.5 Å². The summed E-state index contributed by atoms with van der Waals surface area (Å²) in [7, 11) is 0. The first-order chi connectivity index (χ1) is 6.47. The Morgan fingerprint density at radius 2 is 1.57 bits per heavy atom. The van der Waals surface area contributed by atoms with E-state index in [0.717, 1.165) is 0 Å². The van der Waals surface area contributed by atoms with Crippen molar-refractivity contribution in [2.45, 2.75) is 25.6 Å². The van der Waals surface area contributed by atoms with Crippen LogP contribution in [-0.2, 0) is 9.68 Å². The highest BCUT2D eigenvalue weighted by atomic mass is 17.1. The van der Waals surface area contributed by atoms with Gasteiger partial charge in [-0.1, -0.05) is 0 Å². The van der Waals surface area contributed by atoms with Gasteiger partial charge in [0, 0.05) is 13.0 Å². The van der Waals surface area contributed by atoms with Crippen LogP contribution in [0.5, 0.6) is 0 Å². The molecule has 0 aliphatic carbocycles. The zero-order valence-electron chi connectivity index (χ0n) is 7.52. The van der Waals surface area contributed by atoms with Crippen LogP contribution in [0.15, 0.2) is 0 Å². The lowest BCUT2D eigenvalue weighted by Gasteiger charge is -2.24. The fraction of sp³-hybridized carbons (Fsp3) is 1.00. The highest BCUT2D eigenvalue weighted by Crippen LogP contribution is 2.09. The van der Waals surface area contributed by atoms with Crippen LogP contribution in [0, 0.1) is 0 Å². The fourth-order valence-electron chi connectivity index (χ4n) is 0.838. The van der Waals surface area contributed by atoms with Crippen LogP contribution in [0.25, 0.3) is 0 Å². The third-order valence-electron chi connectivity index (χ3n) is 1.43. The van der Waals surface area contributed by atoms with Gasteiger partial charge in [0.15, 0.2) is 0 Å². The van der Waals surface area contributed by atoms with Crippen molar-refractivity contribution in [1.29, 1.82) is 0 Å². The van der Waals surface area contributed by atoms with Gasteiger partial charge in [0.2, 0.25) is 0 Å². The van der Waals surface area contributed by atoms with E-state index in [-0.39, 0.29) is 13.0 Å². The molecule has 0 spiro atoms. The Morgan fingerprint density at radius 1 is 1.07 bits per heavy atom. The van der Waals surface area contributed by atoms with Crippen molar-refractivity contribution in [3.63, 3.8) is 0 Å². The zero-order valence-corrected chi connectivity index (χ0v) is 7.52. The minimum atomic E-state index is -0.947. The lowest BCUT2D eigenvalue weighted by atomic mass is 10.2. The van der Waals surface area contributed by atoms with Crippen LogP contribution < -0.4 is 0 Å². The molecule has 0 rings (SSSR count). The van der Waals surface area contributed by atoms with Crippen molar-refractivity contribution >= 4 is 0 Å². The monoisotopic (exact) mass is 214 g/mol. The third-order valence-corrected chi connectivity index (χ3v) is 1.43. The maximum absolute atomic E-state index is 8.58. The molecule has 14 heavy (non-hydrogen) atoms. The highest BCUT2D eigenvalue weighted by molar-refractivity contribution is 4.63. The zero-order chi connectivity index (χ0) is 11.1. The van der Waals surface area contributed by atoms with E-state index in [2.05, 4.69) is 9.68 Å². The number of rotatable bonds is 7. The summed E-state index contributed by atoms with van der Waals surface area (Å²) in [4.78, 5) is 8.69. The van der Waals surface area contributed by atoms with E-state index in [9.17, 15) is 0 Å². The number of nitrogens with zero attached hydrogens (tertiary/aromatic N) is 2. The molecule has 5 N–H and O–H groups in total. The van der Waals surface area contributed by atoms with Gasteiger partial charge in [-0.15, -0.1) is 0 Å². The van der Waals surface area contributed by atoms with Gasteiger partial charge in [0.25, 0.3) is 0 Å². The van der Waals surface area contributed by atoms with Crippen molar-refractivity contribution in [3.05, 3.63) is 0 Å². The summed E-state index contributed by atoms with van der Waals surface area (Å²) >= 11 is 0. The smallest absolute Gasteiger partial charge is 0.115 e. The first-order valence-electron chi connectivity index (χ1n) is 3.77. The van der Waals surface area contributed by atoms with E-state index in [1.165, 1.54) is 6.92 Å². The number of aliphatic hydroxyl groups is 1.